The Morgan fingerprint density at radius 3 is 2.50 bits per heavy atom. The van der Waals surface area contributed by atoms with E-state index in [1.54, 1.807) is 29.4 Å². The van der Waals surface area contributed by atoms with Crippen molar-refractivity contribution in [2.45, 2.75) is 50.1 Å². The smallest absolute Gasteiger partial charge is 0.238 e. The molecule has 1 aliphatic carbocycles. The van der Waals surface area contributed by atoms with Crippen LogP contribution < -0.4 is 0 Å². The summed E-state index contributed by atoms with van der Waals surface area (Å²) in [5.74, 6) is 0.360. The van der Waals surface area contributed by atoms with Crippen molar-refractivity contribution in [3.8, 4) is 0 Å². The van der Waals surface area contributed by atoms with Crippen LogP contribution >= 0.6 is 0 Å². The van der Waals surface area contributed by atoms with Gasteiger partial charge in [0.1, 0.15) is 5.76 Å². The van der Waals surface area contributed by atoms with Crippen LogP contribution in [0.15, 0.2) is 53.1 Å². The Morgan fingerprint density at radius 1 is 1.07 bits per heavy atom. The van der Waals surface area contributed by atoms with Crippen molar-refractivity contribution in [2.75, 3.05) is 19.7 Å². The number of nitrogens with zero attached hydrogens (tertiary/aromatic N) is 2. The third kappa shape index (κ3) is 5.50. The first-order chi connectivity index (χ1) is 14.5. The summed E-state index contributed by atoms with van der Waals surface area (Å²) in [6, 6.07) is 12.6. The maximum Gasteiger partial charge on any atom is 0.238 e. The van der Waals surface area contributed by atoms with Gasteiger partial charge in [0.2, 0.25) is 15.9 Å². The standard InChI is InChI=1S/C22H28N2O5S/c25-22(23(14-20-8-4-12-28-20)15-21-9-5-13-29-21)16-24(19-10-11-19)30(26,27)17-18-6-2-1-3-7-18/h1-4,6-8,12,19,21H,5,9-11,13-17H2. The zero-order valence-electron chi connectivity index (χ0n) is 17.0. The molecule has 1 saturated heterocycles. The minimum Gasteiger partial charge on any atom is -0.467 e. The van der Waals surface area contributed by atoms with E-state index in [1.807, 2.05) is 24.3 Å². The van der Waals surface area contributed by atoms with Crippen molar-refractivity contribution in [3.05, 3.63) is 60.1 Å². The fourth-order valence-corrected chi connectivity index (χ4v) is 5.55. The normalized spacial score (nSPS) is 19.3. The molecule has 2 aromatic rings. The quantitative estimate of drug-likeness (QED) is 0.577. The fourth-order valence-electron chi connectivity index (χ4n) is 3.80. The van der Waals surface area contributed by atoms with E-state index in [9.17, 15) is 13.2 Å². The SMILES string of the molecule is O=C(CN(C1CC1)S(=O)(=O)Cc1ccccc1)N(Cc1ccco1)CC1CCCO1. The Morgan fingerprint density at radius 2 is 1.87 bits per heavy atom. The van der Waals surface area contributed by atoms with E-state index in [2.05, 4.69) is 0 Å². The number of ether oxygens (including phenoxy) is 1. The van der Waals surface area contributed by atoms with E-state index < -0.39 is 10.0 Å². The Kier molecular flexibility index (Phi) is 6.55. The molecular weight excluding hydrogens is 404 g/mol. The number of carbonyl (C=O) groups is 1. The first-order valence-corrected chi connectivity index (χ1v) is 12.1. The predicted octanol–water partition coefficient (Wildman–Crippen LogP) is 2.78. The molecule has 0 spiro atoms. The second-order valence-corrected chi connectivity index (χ2v) is 9.93. The minimum absolute atomic E-state index is 0.0146. The van der Waals surface area contributed by atoms with Crippen LogP contribution in [0.1, 0.15) is 37.0 Å². The highest BCUT2D eigenvalue weighted by molar-refractivity contribution is 7.88. The van der Waals surface area contributed by atoms with Gasteiger partial charge < -0.3 is 14.1 Å². The summed E-state index contributed by atoms with van der Waals surface area (Å²) >= 11 is 0. The van der Waals surface area contributed by atoms with Crippen LogP contribution in [-0.2, 0) is 31.9 Å². The Bertz CT molecular complexity index is 920. The van der Waals surface area contributed by atoms with E-state index in [4.69, 9.17) is 9.15 Å². The number of hydrogen-bond acceptors (Lipinski definition) is 5. The summed E-state index contributed by atoms with van der Waals surface area (Å²) in [5, 5.41) is 0. The van der Waals surface area contributed by atoms with Gasteiger partial charge in [-0.1, -0.05) is 30.3 Å². The number of amides is 1. The van der Waals surface area contributed by atoms with Crippen LogP contribution in [0, 0.1) is 0 Å². The van der Waals surface area contributed by atoms with Gasteiger partial charge >= 0.3 is 0 Å². The summed E-state index contributed by atoms with van der Waals surface area (Å²) in [5.41, 5.74) is 0.724. The van der Waals surface area contributed by atoms with E-state index in [0.717, 1.165) is 31.2 Å². The number of carbonyl (C=O) groups excluding carboxylic acids is 1. The van der Waals surface area contributed by atoms with E-state index in [0.29, 0.717) is 25.5 Å². The molecule has 1 unspecified atom stereocenters. The van der Waals surface area contributed by atoms with Gasteiger partial charge in [0.25, 0.3) is 0 Å². The summed E-state index contributed by atoms with van der Waals surface area (Å²) in [7, 11) is -3.60. The van der Waals surface area contributed by atoms with Crippen LogP contribution in [0.4, 0.5) is 0 Å². The molecule has 1 atom stereocenters. The highest BCUT2D eigenvalue weighted by Crippen LogP contribution is 2.30. The molecule has 1 aliphatic heterocycles. The van der Waals surface area contributed by atoms with E-state index in [-0.39, 0.29) is 30.4 Å². The third-order valence-corrected chi connectivity index (χ3v) is 7.36. The maximum absolute atomic E-state index is 13.2. The van der Waals surface area contributed by atoms with Crippen molar-refractivity contribution in [1.82, 2.24) is 9.21 Å². The van der Waals surface area contributed by atoms with Crippen LogP contribution in [0.25, 0.3) is 0 Å². The molecule has 1 amide bonds. The van der Waals surface area contributed by atoms with Crippen molar-refractivity contribution in [3.63, 3.8) is 0 Å². The number of sulfonamides is 1. The Hall–Kier alpha value is -2.16. The number of furan rings is 1. The topological polar surface area (TPSA) is 80.1 Å². The zero-order chi connectivity index (χ0) is 21.0. The van der Waals surface area contributed by atoms with Gasteiger partial charge in [-0.25, -0.2) is 8.42 Å². The van der Waals surface area contributed by atoms with Crippen LogP contribution in [-0.4, -0.2) is 55.4 Å². The highest BCUT2D eigenvalue weighted by atomic mass is 32.2. The fraction of sp³-hybridized carbons (Fsp3) is 0.500. The summed E-state index contributed by atoms with van der Waals surface area (Å²) in [6.07, 6.45) is 5.04. The lowest BCUT2D eigenvalue weighted by Crippen LogP contribution is -2.46. The third-order valence-electron chi connectivity index (χ3n) is 5.52. The summed E-state index contributed by atoms with van der Waals surface area (Å²) in [6.45, 7) is 1.31. The van der Waals surface area contributed by atoms with Crippen LogP contribution in [0.2, 0.25) is 0 Å². The minimum atomic E-state index is -3.60. The lowest BCUT2D eigenvalue weighted by molar-refractivity contribution is -0.134. The highest BCUT2D eigenvalue weighted by Gasteiger charge is 2.39. The Balaban J connectivity index is 1.48. The second-order valence-electron chi connectivity index (χ2n) is 8.01. The molecule has 4 rings (SSSR count). The van der Waals surface area contributed by atoms with Crippen LogP contribution in [0.3, 0.4) is 0 Å². The first kappa shape index (κ1) is 21.1. The summed E-state index contributed by atoms with van der Waals surface area (Å²) < 4.78 is 38.8. The average Bonchev–Trinajstić information content (AvgIpc) is 3.18. The molecule has 0 N–H and O–H groups in total. The van der Waals surface area contributed by atoms with Gasteiger partial charge in [-0.15, -0.1) is 0 Å². The van der Waals surface area contributed by atoms with E-state index >= 15 is 0 Å². The Labute approximate surface area is 177 Å². The molecule has 0 bridgehead atoms. The maximum atomic E-state index is 13.2. The molecule has 0 radical (unpaired) electrons. The van der Waals surface area contributed by atoms with Crippen molar-refractivity contribution < 1.29 is 22.4 Å². The van der Waals surface area contributed by atoms with Crippen molar-refractivity contribution in [2.24, 2.45) is 0 Å². The number of benzene rings is 1. The zero-order valence-corrected chi connectivity index (χ0v) is 17.8. The van der Waals surface area contributed by atoms with Gasteiger partial charge in [-0.2, -0.15) is 4.31 Å². The van der Waals surface area contributed by atoms with Gasteiger partial charge in [0, 0.05) is 19.2 Å². The average molecular weight is 433 g/mol. The van der Waals surface area contributed by atoms with Gasteiger partial charge in [0.15, 0.2) is 0 Å². The molecule has 2 heterocycles. The molecule has 7 nitrogen and oxygen atoms in total. The number of rotatable bonds is 10. The molecule has 30 heavy (non-hydrogen) atoms. The molecule has 162 valence electrons. The lowest BCUT2D eigenvalue weighted by atomic mass is 10.2. The van der Waals surface area contributed by atoms with E-state index in [1.165, 1.54) is 4.31 Å². The molecule has 2 fully saturated rings. The monoisotopic (exact) mass is 432 g/mol. The number of hydrogen-bond donors (Lipinski definition) is 0. The van der Waals surface area contributed by atoms with Crippen molar-refractivity contribution >= 4 is 15.9 Å². The van der Waals surface area contributed by atoms with Crippen LogP contribution in [0.5, 0.6) is 0 Å². The largest absolute Gasteiger partial charge is 0.467 e. The second kappa shape index (κ2) is 9.32. The molecule has 1 aromatic carbocycles. The van der Waals surface area contributed by atoms with Gasteiger partial charge in [0.05, 0.1) is 31.2 Å². The predicted molar refractivity (Wildman–Crippen MR) is 112 cm³/mol. The molecule has 1 saturated carbocycles. The van der Waals surface area contributed by atoms with Crippen molar-refractivity contribution in [1.29, 1.82) is 0 Å². The molecular formula is C22H28N2O5S. The molecule has 2 aliphatic rings. The molecule has 1 aromatic heterocycles. The summed E-state index contributed by atoms with van der Waals surface area (Å²) in [4.78, 5) is 14.9. The first-order valence-electron chi connectivity index (χ1n) is 10.5. The van der Waals surface area contributed by atoms with Gasteiger partial charge in [-0.05, 0) is 43.4 Å². The molecule has 8 heteroatoms. The lowest BCUT2D eigenvalue weighted by Gasteiger charge is -2.28. The van der Waals surface area contributed by atoms with Gasteiger partial charge in [-0.3, -0.25) is 4.79 Å².